The molecule has 9 heteroatoms. The highest BCUT2D eigenvalue weighted by atomic mass is 32.1. The minimum Gasteiger partial charge on any atom is -0.463 e. The van der Waals surface area contributed by atoms with Crippen LogP contribution in [0.2, 0.25) is 0 Å². The second-order valence-electron chi connectivity index (χ2n) is 14.2. The molecule has 3 atom stereocenters. The minimum absolute atomic E-state index is 0.167. The number of carbonyl (C=O) groups is 3. The molecule has 0 spiro atoms. The molecular formula is C45H33N3O5S. The predicted octanol–water partition coefficient (Wildman–Crippen LogP) is 6.15. The summed E-state index contributed by atoms with van der Waals surface area (Å²) in [4.78, 5) is 65.2. The van der Waals surface area contributed by atoms with E-state index in [0.717, 1.165) is 38.6 Å². The van der Waals surface area contributed by atoms with E-state index in [0.29, 0.717) is 26.3 Å². The van der Waals surface area contributed by atoms with Crippen molar-refractivity contribution in [2.75, 3.05) is 11.5 Å². The summed E-state index contributed by atoms with van der Waals surface area (Å²) in [7, 11) is 0. The van der Waals surface area contributed by atoms with Crippen molar-refractivity contribution in [2.45, 2.75) is 31.2 Å². The Morgan fingerprint density at radius 3 is 2.15 bits per heavy atom. The van der Waals surface area contributed by atoms with Gasteiger partial charge in [-0.05, 0) is 70.6 Å². The van der Waals surface area contributed by atoms with E-state index < -0.39 is 29.3 Å². The van der Waals surface area contributed by atoms with Gasteiger partial charge in [-0.3, -0.25) is 19.0 Å². The second kappa shape index (κ2) is 11.9. The first-order valence-electron chi connectivity index (χ1n) is 18.1. The zero-order valence-corrected chi connectivity index (χ0v) is 30.2. The molecular weight excluding hydrogens is 695 g/mol. The number of anilines is 1. The Morgan fingerprint density at radius 2 is 1.43 bits per heavy atom. The summed E-state index contributed by atoms with van der Waals surface area (Å²) in [6, 6.07) is 38.1. The van der Waals surface area contributed by atoms with Gasteiger partial charge in [0.1, 0.15) is 0 Å². The fourth-order valence-electron chi connectivity index (χ4n) is 9.69. The molecule has 54 heavy (non-hydrogen) atoms. The third-order valence-electron chi connectivity index (χ3n) is 11.7. The van der Waals surface area contributed by atoms with Crippen LogP contribution >= 0.6 is 11.3 Å². The molecule has 2 bridgehead atoms. The lowest BCUT2D eigenvalue weighted by Crippen LogP contribution is -2.53. The Bertz CT molecular complexity index is 2780. The number of benzene rings is 5. The first-order valence-corrected chi connectivity index (χ1v) is 19.0. The maximum atomic E-state index is 15.2. The van der Waals surface area contributed by atoms with E-state index in [4.69, 9.17) is 9.73 Å². The average molecular weight is 728 g/mol. The average Bonchev–Trinajstić information content (AvgIpc) is 3.65. The van der Waals surface area contributed by atoms with Crippen LogP contribution in [0.4, 0.5) is 5.69 Å². The van der Waals surface area contributed by atoms with Gasteiger partial charge in [-0.2, -0.15) is 0 Å². The van der Waals surface area contributed by atoms with Gasteiger partial charge in [0.05, 0.1) is 51.4 Å². The van der Waals surface area contributed by atoms with Crippen molar-refractivity contribution >= 4 is 51.7 Å². The SMILES string of the molecule is CCOC(=O)C1=C(C)N=c2s/c(=C/C34c5ccccc5C(c5ccccc53)[C@@H]3C(=O)N(c5ccccc5)C(=O)[C@@H]34)c(=O)n2[C@@H]1c1cccc2ccccc12. The molecule has 1 saturated heterocycles. The molecule has 0 unspecified atom stereocenters. The van der Waals surface area contributed by atoms with Crippen LogP contribution in [0.15, 0.2) is 142 Å². The van der Waals surface area contributed by atoms with Crippen LogP contribution in [0, 0.1) is 11.8 Å². The van der Waals surface area contributed by atoms with E-state index in [2.05, 4.69) is 12.1 Å². The third-order valence-corrected chi connectivity index (χ3v) is 12.7. The molecule has 264 valence electrons. The van der Waals surface area contributed by atoms with Gasteiger partial charge >= 0.3 is 5.97 Å². The van der Waals surface area contributed by atoms with Crippen molar-refractivity contribution in [2.24, 2.45) is 16.8 Å². The molecule has 5 aromatic carbocycles. The molecule has 2 aliphatic heterocycles. The van der Waals surface area contributed by atoms with Crippen molar-refractivity contribution in [3.8, 4) is 0 Å². The summed E-state index contributed by atoms with van der Waals surface area (Å²) in [5.41, 5.74) is 4.36. The summed E-state index contributed by atoms with van der Waals surface area (Å²) < 4.78 is 7.56. The highest BCUT2D eigenvalue weighted by Crippen LogP contribution is 2.65. The van der Waals surface area contributed by atoms with E-state index >= 15 is 4.79 Å². The van der Waals surface area contributed by atoms with Crippen LogP contribution in [0.25, 0.3) is 16.8 Å². The Balaban J connectivity index is 1.27. The molecule has 0 radical (unpaired) electrons. The van der Waals surface area contributed by atoms with Crippen LogP contribution in [0.1, 0.15) is 53.6 Å². The smallest absolute Gasteiger partial charge is 0.338 e. The maximum absolute atomic E-state index is 15.2. The number of thiazole rings is 1. The number of nitrogens with zero attached hydrogens (tertiary/aromatic N) is 3. The first-order chi connectivity index (χ1) is 26.3. The van der Waals surface area contributed by atoms with E-state index in [9.17, 15) is 14.4 Å². The number of carbonyl (C=O) groups excluding carboxylic acids is 3. The van der Waals surface area contributed by atoms with Crippen LogP contribution < -0.4 is 19.8 Å². The largest absolute Gasteiger partial charge is 0.463 e. The van der Waals surface area contributed by atoms with Crippen molar-refractivity contribution in [3.05, 3.63) is 180 Å². The van der Waals surface area contributed by atoms with Gasteiger partial charge in [-0.25, -0.2) is 14.7 Å². The molecule has 1 fully saturated rings. The van der Waals surface area contributed by atoms with E-state index in [-0.39, 0.29) is 29.9 Å². The third kappa shape index (κ3) is 4.27. The van der Waals surface area contributed by atoms with E-state index in [1.165, 1.54) is 16.2 Å². The first kappa shape index (κ1) is 32.5. The number of amides is 2. The molecule has 6 aromatic rings. The number of imide groups is 1. The number of hydrogen-bond donors (Lipinski definition) is 0. The summed E-state index contributed by atoms with van der Waals surface area (Å²) in [6.07, 6.45) is 1.94. The van der Waals surface area contributed by atoms with Crippen molar-refractivity contribution < 1.29 is 19.1 Å². The highest BCUT2D eigenvalue weighted by Gasteiger charge is 2.67. The quantitative estimate of drug-likeness (QED) is 0.157. The van der Waals surface area contributed by atoms with E-state index in [1.54, 1.807) is 30.5 Å². The van der Waals surface area contributed by atoms with Gasteiger partial charge in [0.2, 0.25) is 11.8 Å². The van der Waals surface area contributed by atoms with Gasteiger partial charge in [0, 0.05) is 5.92 Å². The van der Waals surface area contributed by atoms with Gasteiger partial charge in [-0.15, -0.1) is 0 Å². The number of fused-ring (bicyclic) bond motifs is 2. The molecule has 0 saturated carbocycles. The van der Waals surface area contributed by atoms with Crippen molar-refractivity contribution in [3.63, 3.8) is 0 Å². The summed E-state index contributed by atoms with van der Waals surface area (Å²) in [6.45, 7) is 3.70. The molecule has 1 aromatic heterocycles. The van der Waals surface area contributed by atoms with Crippen LogP contribution in [-0.4, -0.2) is 29.0 Å². The predicted molar refractivity (Wildman–Crippen MR) is 207 cm³/mol. The zero-order chi connectivity index (χ0) is 36.9. The molecule has 11 rings (SSSR count). The van der Waals surface area contributed by atoms with Gasteiger partial charge < -0.3 is 4.74 Å². The van der Waals surface area contributed by atoms with Gasteiger partial charge in [-0.1, -0.05) is 121 Å². The van der Waals surface area contributed by atoms with Crippen LogP contribution in [0.5, 0.6) is 0 Å². The fraction of sp³-hybridized carbons (Fsp3) is 0.178. The summed E-state index contributed by atoms with van der Waals surface area (Å²) in [5, 5.41) is 1.88. The Kier molecular flexibility index (Phi) is 7.16. The van der Waals surface area contributed by atoms with Crippen molar-refractivity contribution in [1.29, 1.82) is 0 Å². The Labute approximate surface area is 314 Å². The molecule has 0 N–H and O–H groups in total. The number of allylic oxidation sites excluding steroid dienone is 1. The Hall–Kier alpha value is -6.19. The lowest BCUT2D eigenvalue weighted by molar-refractivity contribution is -0.139. The fourth-order valence-corrected chi connectivity index (χ4v) is 10.8. The summed E-state index contributed by atoms with van der Waals surface area (Å²) in [5.74, 6) is -2.87. The topological polar surface area (TPSA) is 98.0 Å². The monoisotopic (exact) mass is 727 g/mol. The number of ether oxygens (including phenoxy) is 1. The number of rotatable bonds is 5. The second-order valence-corrected chi connectivity index (χ2v) is 15.3. The molecule has 8 nitrogen and oxygen atoms in total. The van der Waals surface area contributed by atoms with Crippen LogP contribution in [-0.2, 0) is 24.5 Å². The Morgan fingerprint density at radius 1 is 0.796 bits per heavy atom. The zero-order valence-electron chi connectivity index (χ0n) is 29.4. The lowest BCUT2D eigenvalue weighted by Gasteiger charge is -2.53. The van der Waals surface area contributed by atoms with E-state index in [1.807, 2.05) is 103 Å². The number of para-hydroxylation sites is 1. The molecule has 3 aliphatic carbocycles. The standard InChI is InChI=1S/C45H33N3O5S/c1-3-53-43(52)35-25(2)46-44-48(39(35)29-21-13-15-26-14-7-8-18-28(26)29)40(49)34(54-44)24-45-32-22-11-9-19-30(32)36(31-20-10-12-23-33(31)45)37-38(45)42(51)47(41(37)50)27-16-5-4-6-17-27/h4-24,36-39H,3H2,1-2H3/b34-24+/t36?,37-,38+,39+,45?/m0/s1. The summed E-state index contributed by atoms with van der Waals surface area (Å²) >= 11 is 1.24. The van der Waals surface area contributed by atoms with Crippen LogP contribution in [0.3, 0.4) is 0 Å². The molecule has 3 heterocycles. The van der Waals surface area contributed by atoms with Crippen molar-refractivity contribution in [1.82, 2.24) is 4.57 Å². The highest BCUT2D eigenvalue weighted by molar-refractivity contribution is 7.07. The molecule has 5 aliphatic rings. The van der Waals surface area contributed by atoms with Gasteiger partial charge in [0.15, 0.2) is 4.80 Å². The maximum Gasteiger partial charge on any atom is 0.338 e. The number of hydrogen-bond acceptors (Lipinski definition) is 7. The minimum atomic E-state index is -1.16. The normalized spacial score (nSPS) is 23.9. The number of esters is 1. The lowest BCUT2D eigenvalue weighted by atomic mass is 9.47. The number of aromatic nitrogens is 1. The molecule has 2 amide bonds. The van der Waals surface area contributed by atoms with Gasteiger partial charge in [0.25, 0.3) is 5.56 Å².